The lowest BCUT2D eigenvalue weighted by Crippen LogP contribution is -2.62. The van der Waals surface area contributed by atoms with E-state index in [9.17, 15) is 4.79 Å². The molecule has 3 fully saturated rings. The van der Waals surface area contributed by atoms with Crippen LogP contribution in [0.4, 0.5) is 15.0 Å². The molecule has 2 aromatic heterocycles. The van der Waals surface area contributed by atoms with Gasteiger partial charge in [0.2, 0.25) is 0 Å². The van der Waals surface area contributed by atoms with Crippen LogP contribution < -0.4 is 9.64 Å². The van der Waals surface area contributed by atoms with Crippen LogP contribution in [0.5, 0.6) is 6.01 Å². The molecule has 244 valence electrons. The van der Waals surface area contributed by atoms with Gasteiger partial charge in [-0.3, -0.25) is 5.10 Å². The second-order valence-corrected chi connectivity index (χ2v) is 14.7. The molecule has 0 radical (unpaired) electrons. The first-order valence-electron chi connectivity index (χ1n) is 16.1. The minimum atomic E-state index is -0.523. The van der Waals surface area contributed by atoms with Crippen molar-refractivity contribution >= 4 is 45.3 Å². The summed E-state index contributed by atoms with van der Waals surface area (Å²) in [6.45, 7) is 11.8. The molecule has 7 rings (SSSR count). The molecular formula is C34H41ClFN7O3. The number of rotatable bonds is 5. The molecule has 0 bridgehead atoms. The van der Waals surface area contributed by atoms with E-state index in [-0.39, 0.29) is 34.1 Å². The summed E-state index contributed by atoms with van der Waals surface area (Å²) < 4.78 is 28.6. The number of carbonyl (C=O) groups is 1. The number of nitrogens with zero attached hydrogens (tertiary/aromatic N) is 6. The standard InChI is InChI=1S/C34H41ClFN7O3/c1-20-8-9-25-23(16-37-40-25)26(20)27-24(35)15-22-29(28(27)36)38-31(45-17-21-7-6-12-41(21)5)39-30(22)42-13-10-34(11-14-42)18-43(19-34)32(44)46-33(2,3)4/h8-9,15-16,21H,6-7,10-14,17-19H2,1-5H3,(H,37,40). The number of hydrogen-bond donors (Lipinski definition) is 1. The lowest BCUT2D eigenvalue weighted by Gasteiger charge is -2.53. The van der Waals surface area contributed by atoms with Crippen LogP contribution in [0.25, 0.3) is 32.9 Å². The summed E-state index contributed by atoms with van der Waals surface area (Å²) >= 11 is 6.93. The fourth-order valence-corrected chi connectivity index (χ4v) is 7.53. The molecule has 10 nitrogen and oxygen atoms in total. The summed E-state index contributed by atoms with van der Waals surface area (Å²) in [4.78, 5) is 28.4. The average Bonchev–Trinajstić information content (AvgIpc) is 3.63. The first kappa shape index (κ1) is 30.9. The Morgan fingerprint density at radius 2 is 1.89 bits per heavy atom. The maximum Gasteiger partial charge on any atom is 0.410 e. The predicted molar refractivity (Wildman–Crippen MR) is 177 cm³/mol. The number of nitrogens with one attached hydrogen (secondary N) is 1. The largest absolute Gasteiger partial charge is 0.462 e. The van der Waals surface area contributed by atoms with Crippen LogP contribution in [0, 0.1) is 18.2 Å². The Bertz CT molecular complexity index is 1810. The number of fused-ring (bicyclic) bond motifs is 2. The van der Waals surface area contributed by atoms with Crippen LogP contribution in [-0.2, 0) is 4.74 Å². The van der Waals surface area contributed by atoms with Crippen molar-refractivity contribution in [1.29, 1.82) is 0 Å². The summed E-state index contributed by atoms with van der Waals surface area (Å²) in [6.07, 6.45) is 5.33. The van der Waals surface area contributed by atoms with Crippen molar-refractivity contribution in [3.05, 3.63) is 40.8 Å². The molecule has 3 aliphatic heterocycles. The van der Waals surface area contributed by atoms with Gasteiger partial charge in [-0.25, -0.2) is 9.18 Å². The molecule has 5 heterocycles. The van der Waals surface area contributed by atoms with Crippen molar-refractivity contribution in [2.45, 2.75) is 65.0 Å². The van der Waals surface area contributed by atoms with Crippen LogP contribution >= 0.6 is 11.6 Å². The fraction of sp³-hybridized carbons (Fsp3) is 0.529. The number of ether oxygens (including phenoxy) is 2. The molecule has 1 unspecified atom stereocenters. The summed E-state index contributed by atoms with van der Waals surface area (Å²) in [5.41, 5.74) is 2.35. The highest BCUT2D eigenvalue weighted by molar-refractivity contribution is 6.35. The van der Waals surface area contributed by atoms with Crippen molar-refractivity contribution in [3.63, 3.8) is 0 Å². The number of benzene rings is 2. The first-order chi connectivity index (χ1) is 21.9. The Morgan fingerprint density at radius 3 is 2.59 bits per heavy atom. The number of aryl methyl sites for hydroxylation is 1. The van der Waals surface area contributed by atoms with E-state index in [0.29, 0.717) is 55.1 Å². The number of hydrogen-bond acceptors (Lipinski definition) is 8. The Morgan fingerprint density at radius 1 is 1.13 bits per heavy atom. The highest BCUT2D eigenvalue weighted by Crippen LogP contribution is 2.45. The molecule has 2 aromatic carbocycles. The van der Waals surface area contributed by atoms with Gasteiger partial charge in [0.15, 0.2) is 5.82 Å². The number of aromatic nitrogens is 4. The Labute approximate surface area is 273 Å². The van der Waals surface area contributed by atoms with E-state index in [4.69, 9.17) is 26.1 Å². The summed E-state index contributed by atoms with van der Waals surface area (Å²) in [6, 6.07) is 6.07. The third kappa shape index (κ3) is 5.61. The van der Waals surface area contributed by atoms with Gasteiger partial charge in [-0.2, -0.15) is 15.1 Å². The third-order valence-electron chi connectivity index (χ3n) is 9.83. The van der Waals surface area contributed by atoms with Crippen molar-refractivity contribution in [2.24, 2.45) is 5.41 Å². The van der Waals surface area contributed by atoms with Gasteiger partial charge in [0.05, 0.1) is 16.7 Å². The normalized spacial score (nSPS) is 20.1. The minimum absolute atomic E-state index is 0.0412. The quantitative estimate of drug-likeness (QED) is 0.259. The molecule has 46 heavy (non-hydrogen) atoms. The molecule has 3 aliphatic rings. The Balaban J connectivity index is 1.22. The number of carbonyl (C=O) groups excluding carboxylic acids is 1. The summed E-state index contributed by atoms with van der Waals surface area (Å²) in [5, 5.41) is 8.79. The summed E-state index contributed by atoms with van der Waals surface area (Å²) in [5.74, 6) is 0.106. The van der Waals surface area contributed by atoms with Crippen LogP contribution in [0.15, 0.2) is 24.4 Å². The van der Waals surface area contributed by atoms with Gasteiger partial charge in [-0.1, -0.05) is 17.7 Å². The van der Waals surface area contributed by atoms with Gasteiger partial charge in [-0.15, -0.1) is 0 Å². The molecule has 3 saturated heterocycles. The zero-order chi connectivity index (χ0) is 32.4. The molecule has 1 atom stereocenters. The zero-order valence-corrected chi connectivity index (χ0v) is 27.9. The highest BCUT2D eigenvalue weighted by Gasteiger charge is 2.48. The SMILES string of the molecule is Cc1ccc2[nH]ncc2c1-c1c(Cl)cc2c(N3CCC4(CC3)CN(C(=O)OC(C)(C)C)C4)nc(OCC3CCCN3C)nc2c1F. The number of halogens is 2. The van der Waals surface area contributed by atoms with Crippen molar-refractivity contribution in [1.82, 2.24) is 30.0 Å². The predicted octanol–water partition coefficient (Wildman–Crippen LogP) is 6.58. The van der Waals surface area contributed by atoms with Crippen molar-refractivity contribution in [3.8, 4) is 17.1 Å². The molecule has 1 spiro atoms. The Kier molecular flexibility index (Phi) is 7.75. The molecular weight excluding hydrogens is 609 g/mol. The maximum atomic E-state index is 16.8. The van der Waals surface area contributed by atoms with E-state index in [1.165, 1.54) is 0 Å². The molecule has 12 heteroatoms. The van der Waals surface area contributed by atoms with Gasteiger partial charge >= 0.3 is 12.1 Å². The van der Waals surface area contributed by atoms with Gasteiger partial charge in [0.1, 0.15) is 23.5 Å². The molecule has 0 saturated carbocycles. The third-order valence-corrected chi connectivity index (χ3v) is 10.1. The van der Waals surface area contributed by atoms with E-state index < -0.39 is 11.4 Å². The number of likely N-dealkylation sites (N-methyl/N-ethyl adjacent to an activating group) is 1. The molecule has 1 N–H and O–H groups in total. The molecule has 1 amide bonds. The van der Waals surface area contributed by atoms with Gasteiger partial charge < -0.3 is 24.2 Å². The van der Waals surface area contributed by atoms with E-state index >= 15 is 4.39 Å². The van der Waals surface area contributed by atoms with E-state index in [1.54, 1.807) is 17.2 Å². The number of aromatic amines is 1. The van der Waals surface area contributed by atoms with Crippen molar-refractivity contribution in [2.75, 3.05) is 51.3 Å². The van der Waals surface area contributed by atoms with E-state index in [1.807, 2.05) is 39.8 Å². The molecule has 4 aromatic rings. The smallest absolute Gasteiger partial charge is 0.410 e. The van der Waals surface area contributed by atoms with E-state index in [2.05, 4.69) is 32.0 Å². The first-order valence-corrected chi connectivity index (χ1v) is 16.5. The second-order valence-electron chi connectivity index (χ2n) is 14.3. The number of likely N-dealkylation sites (tertiary alicyclic amines) is 2. The number of H-pyrrole nitrogens is 1. The number of amides is 1. The van der Waals surface area contributed by atoms with Gasteiger partial charge in [-0.05, 0) is 84.7 Å². The number of piperidine rings is 1. The van der Waals surface area contributed by atoms with Crippen LogP contribution in [-0.4, -0.2) is 94.1 Å². The van der Waals surface area contributed by atoms with Gasteiger partial charge in [0, 0.05) is 59.5 Å². The Hall–Kier alpha value is -3.70. The van der Waals surface area contributed by atoms with E-state index in [0.717, 1.165) is 48.7 Å². The number of anilines is 1. The van der Waals surface area contributed by atoms with Gasteiger partial charge in [0.25, 0.3) is 0 Å². The topological polar surface area (TPSA) is 99.7 Å². The van der Waals surface area contributed by atoms with Crippen molar-refractivity contribution < 1.29 is 18.7 Å². The lowest BCUT2D eigenvalue weighted by atomic mass is 9.72. The second kappa shape index (κ2) is 11.5. The maximum absolute atomic E-state index is 16.8. The monoisotopic (exact) mass is 649 g/mol. The molecule has 0 aliphatic carbocycles. The fourth-order valence-electron chi connectivity index (χ4n) is 7.24. The van der Waals surface area contributed by atoms with Crippen LogP contribution in [0.3, 0.4) is 0 Å². The van der Waals surface area contributed by atoms with Crippen LogP contribution in [0.2, 0.25) is 5.02 Å². The average molecular weight is 650 g/mol. The summed E-state index contributed by atoms with van der Waals surface area (Å²) in [7, 11) is 2.09. The van der Waals surface area contributed by atoms with Crippen LogP contribution in [0.1, 0.15) is 52.0 Å². The highest BCUT2D eigenvalue weighted by atomic mass is 35.5. The lowest BCUT2D eigenvalue weighted by molar-refractivity contribution is -0.0434. The minimum Gasteiger partial charge on any atom is -0.462 e. The zero-order valence-electron chi connectivity index (χ0n) is 27.1.